The Balaban J connectivity index is 1.75. The van der Waals surface area contributed by atoms with E-state index in [1.807, 2.05) is 36.4 Å². The normalized spacial score (nSPS) is 17.9. The van der Waals surface area contributed by atoms with E-state index in [2.05, 4.69) is 34.8 Å². The minimum Gasteiger partial charge on any atom is -0.466 e. The number of carbonyl (C=O) groups is 2. The fraction of sp³-hybridized carbons (Fsp3) is 0.318. The molecule has 1 N–H and O–H groups in total. The van der Waals surface area contributed by atoms with Gasteiger partial charge in [0.1, 0.15) is 0 Å². The molecule has 1 atom stereocenters. The average molecular weight is 364 g/mol. The summed E-state index contributed by atoms with van der Waals surface area (Å²) in [6.45, 7) is 3.79. The summed E-state index contributed by atoms with van der Waals surface area (Å²) in [6.07, 6.45) is 0.806. The number of benzene rings is 2. The van der Waals surface area contributed by atoms with Gasteiger partial charge in [0.05, 0.1) is 18.9 Å². The van der Waals surface area contributed by atoms with Crippen LogP contribution in [0.15, 0.2) is 65.8 Å². The fourth-order valence-corrected chi connectivity index (χ4v) is 3.54. The third kappa shape index (κ3) is 4.08. The van der Waals surface area contributed by atoms with Crippen molar-refractivity contribution in [2.45, 2.75) is 32.1 Å². The van der Waals surface area contributed by atoms with Crippen molar-refractivity contribution in [1.82, 2.24) is 5.43 Å². The quantitative estimate of drug-likeness (QED) is 0.465. The van der Waals surface area contributed by atoms with Gasteiger partial charge in [-0.2, -0.15) is 5.10 Å². The number of hydrogen-bond donors (Lipinski definition) is 1. The number of ether oxygens (including phenoxy) is 1. The minimum atomic E-state index is -0.345. The van der Waals surface area contributed by atoms with Crippen LogP contribution in [0.4, 0.5) is 0 Å². The predicted molar refractivity (Wildman–Crippen MR) is 104 cm³/mol. The molecular formula is C22H24N2O3. The zero-order valence-electron chi connectivity index (χ0n) is 15.6. The first-order valence-corrected chi connectivity index (χ1v) is 9.17. The molecule has 1 unspecified atom stereocenters. The molecular weight excluding hydrogens is 340 g/mol. The molecule has 0 saturated heterocycles. The van der Waals surface area contributed by atoms with Gasteiger partial charge in [-0.1, -0.05) is 60.7 Å². The van der Waals surface area contributed by atoms with Crippen LogP contribution in [-0.2, 0) is 19.7 Å². The Labute approximate surface area is 159 Å². The Morgan fingerprint density at radius 2 is 1.63 bits per heavy atom. The van der Waals surface area contributed by atoms with Crippen LogP contribution in [0.1, 0.15) is 37.8 Å². The van der Waals surface area contributed by atoms with Crippen LogP contribution < -0.4 is 5.43 Å². The standard InChI is InChI=1S/C22H24N2O3/c1-3-27-20(25)14-16(2)23-24-21(26)19-15-22(19,17-10-6-4-7-11-17)18-12-8-5-9-13-18/h4-13,19H,3,14-15H2,1-2H3,(H,24,26)/b23-16-. The van der Waals surface area contributed by atoms with Crippen molar-refractivity contribution in [1.29, 1.82) is 0 Å². The van der Waals surface area contributed by atoms with E-state index in [4.69, 9.17) is 4.74 Å². The van der Waals surface area contributed by atoms with E-state index >= 15 is 0 Å². The molecule has 0 heterocycles. The van der Waals surface area contributed by atoms with Crippen molar-refractivity contribution >= 4 is 17.6 Å². The molecule has 5 heteroatoms. The van der Waals surface area contributed by atoms with Crippen molar-refractivity contribution in [2.24, 2.45) is 11.0 Å². The van der Waals surface area contributed by atoms with Gasteiger partial charge in [0.15, 0.2) is 0 Å². The van der Waals surface area contributed by atoms with Gasteiger partial charge in [-0.15, -0.1) is 0 Å². The first kappa shape index (κ1) is 18.8. The summed E-state index contributed by atoms with van der Waals surface area (Å²) in [5, 5.41) is 4.08. The van der Waals surface area contributed by atoms with Gasteiger partial charge in [-0.05, 0) is 31.4 Å². The van der Waals surface area contributed by atoms with E-state index in [1.54, 1.807) is 13.8 Å². The lowest BCUT2D eigenvalue weighted by molar-refractivity contribution is -0.141. The van der Waals surface area contributed by atoms with Crippen molar-refractivity contribution in [3.63, 3.8) is 0 Å². The van der Waals surface area contributed by atoms with Crippen LogP contribution >= 0.6 is 0 Å². The lowest BCUT2D eigenvalue weighted by atomic mass is 9.85. The zero-order chi connectivity index (χ0) is 19.3. The molecule has 0 spiro atoms. The average Bonchev–Trinajstić information content (AvgIpc) is 3.45. The molecule has 0 bridgehead atoms. The van der Waals surface area contributed by atoms with Crippen LogP contribution in [0.25, 0.3) is 0 Å². The summed E-state index contributed by atoms with van der Waals surface area (Å²) in [5.41, 5.74) is 5.08. The molecule has 1 aliphatic carbocycles. The van der Waals surface area contributed by atoms with Gasteiger partial charge in [0.2, 0.25) is 5.91 Å². The van der Waals surface area contributed by atoms with Gasteiger partial charge >= 0.3 is 5.97 Å². The SMILES string of the molecule is CCOC(=O)C/C(C)=N\NC(=O)C1CC1(c1ccccc1)c1ccccc1. The number of amides is 1. The molecule has 27 heavy (non-hydrogen) atoms. The highest BCUT2D eigenvalue weighted by Crippen LogP contribution is 2.58. The molecule has 0 radical (unpaired) electrons. The van der Waals surface area contributed by atoms with Crippen LogP contribution in [0.2, 0.25) is 0 Å². The van der Waals surface area contributed by atoms with Crippen LogP contribution in [0, 0.1) is 5.92 Å². The monoisotopic (exact) mass is 364 g/mol. The maximum atomic E-state index is 12.7. The van der Waals surface area contributed by atoms with E-state index in [-0.39, 0.29) is 29.6 Å². The second kappa shape index (κ2) is 8.16. The van der Waals surface area contributed by atoms with Gasteiger partial charge in [0.25, 0.3) is 0 Å². The maximum absolute atomic E-state index is 12.7. The summed E-state index contributed by atoms with van der Waals surface area (Å²) < 4.78 is 4.90. The Hall–Kier alpha value is -2.95. The van der Waals surface area contributed by atoms with Crippen molar-refractivity contribution in [2.75, 3.05) is 6.61 Å². The zero-order valence-corrected chi connectivity index (χ0v) is 15.6. The second-order valence-electron chi connectivity index (χ2n) is 6.77. The Bertz CT molecular complexity index is 792. The van der Waals surface area contributed by atoms with Crippen molar-refractivity contribution in [3.8, 4) is 0 Å². The highest BCUT2D eigenvalue weighted by molar-refractivity contribution is 5.98. The van der Waals surface area contributed by atoms with Crippen LogP contribution in [0.3, 0.4) is 0 Å². The molecule has 0 aliphatic heterocycles. The van der Waals surface area contributed by atoms with Crippen LogP contribution in [-0.4, -0.2) is 24.2 Å². The largest absolute Gasteiger partial charge is 0.466 e. The Morgan fingerprint density at radius 3 is 2.15 bits per heavy atom. The molecule has 1 amide bonds. The van der Waals surface area contributed by atoms with Gasteiger partial charge in [-0.3, -0.25) is 9.59 Å². The third-order valence-corrected chi connectivity index (χ3v) is 4.92. The van der Waals surface area contributed by atoms with Crippen molar-refractivity contribution in [3.05, 3.63) is 71.8 Å². The van der Waals surface area contributed by atoms with E-state index in [1.165, 1.54) is 0 Å². The van der Waals surface area contributed by atoms with E-state index in [9.17, 15) is 9.59 Å². The summed E-state index contributed by atoms with van der Waals surface area (Å²) >= 11 is 0. The summed E-state index contributed by atoms with van der Waals surface area (Å²) in [7, 11) is 0. The second-order valence-corrected chi connectivity index (χ2v) is 6.77. The Morgan fingerprint density at radius 1 is 1.07 bits per heavy atom. The van der Waals surface area contributed by atoms with Gasteiger partial charge in [-0.25, -0.2) is 5.43 Å². The van der Waals surface area contributed by atoms with Crippen molar-refractivity contribution < 1.29 is 14.3 Å². The topological polar surface area (TPSA) is 67.8 Å². The fourth-order valence-electron chi connectivity index (χ4n) is 3.54. The first-order valence-electron chi connectivity index (χ1n) is 9.17. The van der Waals surface area contributed by atoms with E-state index < -0.39 is 0 Å². The van der Waals surface area contributed by atoms with E-state index in [0.717, 1.165) is 17.5 Å². The molecule has 0 aromatic heterocycles. The molecule has 2 aromatic carbocycles. The molecule has 2 aromatic rings. The van der Waals surface area contributed by atoms with Crippen LogP contribution in [0.5, 0.6) is 0 Å². The Kier molecular flexibility index (Phi) is 5.69. The number of rotatable bonds is 7. The summed E-state index contributed by atoms with van der Waals surface area (Å²) in [6, 6.07) is 20.2. The highest BCUT2D eigenvalue weighted by Gasteiger charge is 2.60. The smallest absolute Gasteiger partial charge is 0.311 e. The minimum absolute atomic E-state index is 0.0707. The molecule has 3 rings (SSSR count). The summed E-state index contributed by atoms with van der Waals surface area (Å²) in [5.74, 6) is -0.672. The lowest BCUT2D eigenvalue weighted by Crippen LogP contribution is -2.26. The number of esters is 1. The first-order chi connectivity index (χ1) is 13.1. The number of carbonyl (C=O) groups excluding carboxylic acids is 2. The number of nitrogens with one attached hydrogen (secondary N) is 1. The molecule has 140 valence electrons. The maximum Gasteiger partial charge on any atom is 0.311 e. The molecule has 5 nitrogen and oxygen atoms in total. The predicted octanol–water partition coefficient (Wildman–Crippen LogP) is 3.44. The number of nitrogens with zero attached hydrogens (tertiary/aromatic N) is 1. The summed E-state index contributed by atoms with van der Waals surface area (Å²) in [4.78, 5) is 24.3. The lowest BCUT2D eigenvalue weighted by Gasteiger charge is -2.18. The molecule has 1 saturated carbocycles. The van der Waals surface area contributed by atoms with E-state index in [0.29, 0.717) is 12.3 Å². The number of hydrogen-bond acceptors (Lipinski definition) is 4. The molecule has 1 aliphatic rings. The highest BCUT2D eigenvalue weighted by atomic mass is 16.5. The molecule has 1 fully saturated rings. The van der Waals surface area contributed by atoms with Gasteiger partial charge in [0, 0.05) is 11.1 Å². The van der Waals surface area contributed by atoms with Gasteiger partial charge < -0.3 is 4.74 Å². The third-order valence-electron chi connectivity index (χ3n) is 4.92. The number of hydrazone groups is 1.